The summed E-state index contributed by atoms with van der Waals surface area (Å²) in [6.07, 6.45) is 4.17. The molecule has 0 bridgehead atoms. The highest BCUT2D eigenvalue weighted by Crippen LogP contribution is 2.05. The fraction of sp³-hybridized carbons (Fsp3) is 0.250. The molecule has 0 aliphatic rings. The lowest BCUT2D eigenvalue weighted by molar-refractivity contribution is -0.755. The molecule has 1 rings (SSSR count). The third kappa shape index (κ3) is 5.46. The number of hydrogen-bond acceptors (Lipinski definition) is 4. The number of allylic oxidation sites excluding steroid dienone is 1. The van der Waals surface area contributed by atoms with Gasteiger partial charge in [-0.1, -0.05) is 42.5 Å². The summed E-state index contributed by atoms with van der Waals surface area (Å²) in [6, 6.07) is 9.01. The number of carbonyl (C=O) groups is 1. The summed E-state index contributed by atoms with van der Waals surface area (Å²) in [5.41, 5.74) is 0.683. The van der Waals surface area contributed by atoms with Crippen LogP contribution in [0.5, 0.6) is 0 Å². The molecule has 0 N–H and O–H groups in total. The van der Waals surface area contributed by atoms with E-state index in [2.05, 4.69) is 4.84 Å². The Bertz CT molecular complexity index is 400. The zero-order valence-electron chi connectivity index (χ0n) is 9.24. The molecule has 0 unspecified atom stereocenters. The zero-order valence-corrected chi connectivity index (χ0v) is 9.24. The predicted molar refractivity (Wildman–Crippen MR) is 62.1 cm³/mol. The van der Waals surface area contributed by atoms with E-state index < -0.39 is 5.09 Å². The Morgan fingerprint density at radius 2 is 2.00 bits per heavy atom. The molecule has 0 saturated carbocycles. The highest BCUT2D eigenvalue weighted by Gasteiger charge is 2.02. The molecule has 0 atom stereocenters. The molecule has 17 heavy (non-hydrogen) atoms. The summed E-state index contributed by atoms with van der Waals surface area (Å²) in [5, 5.41) is 8.97. The Morgan fingerprint density at radius 3 is 2.65 bits per heavy atom. The molecule has 90 valence electrons. The van der Waals surface area contributed by atoms with Gasteiger partial charge >= 0.3 is 0 Å². The fourth-order valence-electron chi connectivity index (χ4n) is 1.27. The molecule has 0 radical (unpaired) electrons. The lowest BCUT2D eigenvalue weighted by atomic mass is 10.1. The largest absolute Gasteiger partial charge is 0.310 e. The van der Waals surface area contributed by atoms with E-state index in [0.717, 1.165) is 0 Å². The monoisotopic (exact) mass is 235 g/mol. The van der Waals surface area contributed by atoms with Crippen LogP contribution in [-0.2, 0) is 4.84 Å². The second-order valence-corrected chi connectivity index (χ2v) is 3.32. The van der Waals surface area contributed by atoms with Crippen LogP contribution in [0.2, 0.25) is 0 Å². The van der Waals surface area contributed by atoms with Crippen molar-refractivity contribution in [1.82, 2.24) is 0 Å². The van der Waals surface area contributed by atoms with Crippen molar-refractivity contribution in [3.05, 3.63) is 58.2 Å². The van der Waals surface area contributed by atoms with Gasteiger partial charge in [0.15, 0.2) is 5.78 Å². The van der Waals surface area contributed by atoms with E-state index in [1.807, 2.05) is 18.2 Å². The van der Waals surface area contributed by atoms with Crippen molar-refractivity contribution in [2.45, 2.75) is 12.8 Å². The van der Waals surface area contributed by atoms with Gasteiger partial charge in [0.25, 0.3) is 5.09 Å². The van der Waals surface area contributed by atoms with E-state index in [1.165, 1.54) is 6.08 Å². The van der Waals surface area contributed by atoms with Gasteiger partial charge < -0.3 is 4.84 Å². The van der Waals surface area contributed by atoms with Crippen molar-refractivity contribution in [3.63, 3.8) is 0 Å². The maximum Gasteiger partial charge on any atom is 0.294 e. The van der Waals surface area contributed by atoms with Crippen molar-refractivity contribution in [1.29, 1.82) is 0 Å². The predicted octanol–water partition coefficient (Wildman–Crippen LogP) is 2.41. The van der Waals surface area contributed by atoms with Gasteiger partial charge in [0, 0.05) is 12.0 Å². The summed E-state index contributed by atoms with van der Waals surface area (Å²) < 4.78 is 0. The van der Waals surface area contributed by atoms with Crippen molar-refractivity contribution in [2.24, 2.45) is 0 Å². The van der Waals surface area contributed by atoms with Gasteiger partial charge in [-0.2, -0.15) is 0 Å². The van der Waals surface area contributed by atoms with Crippen LogP contribution < -0.4 is 0 Å². The first-order chi connectivity index (χ1) is 8.20. The van der Waals surface area contributed by atoms with Gasteiger partial charge in [-0.3, -0.25) is 4.79 Å². The van der Waals surface area contributed by atoms with Crippen molar-refractivity contribution in [3.8, 4) is 0 Å². The quantitative estimate of drug-likeness (QED) is 0.315. The summed E-state index contributed by atoms with van der Waals surface area (Å²) in [4.78, 5) is 25.5. The zero-order chi connectivity index (χ0) is 12.5. The van der Waals surface area contributed by atoms with Crippen LogP contribution in [0.3, 0.4) is 0 Å². The lowest BCUT2D eigenvalue weighted by Crippen LogP contribution is -2.00. The fourth-order valence-corrected chi connectivity index (χ4v) is 1.27. The molecule has 0 aliphatic carbocycles. The van der Waals surface area contributed by atoms with Crippen LogP contribution >= 0.6 is 0 Å². The van der Waals surface area contributed by atoms with Crippen LogP contribution in [0.4, 0.5) is 0 Å². The first kappa shape index (κ1) is 12.9. The van der Waals surface area contributed by atoms with Crippen LogP contribution in [0.15, 0.2) is 42.5 Å². The second-order valence-electron chi connectivity index (χ2n) is 3.32. The normalized spacial score (nSPS) is 10.4. The first-order valence-electron chi connectivity index (χ1n) is 5.20. The molecule has 5 nitrogen and oxygen atoms in total. The molecule has 0 aliphatic heterocycles. The molecule has 1 aromatic rings. The molecule has 0 fully saturated rings. The van der Waals surface area contributed by atoms with E-state index in [1.54, 1.807) is 18.2 Å². The highest BCUT2D eigenvalue weighted by molar-refractivity contribution is 5.96. The van der Waals surface area contributed by atoms with Gasteiger partial charge in [0.1, 0.15) is 6.61 Å². The number of benzene rings is 1. The number of carbonyl (C=O) groups excluding carboxylic acids is 1. The number of nitrogens with zero attached hydrogens (tertiary/aromatic N) is 1. The standard InChI is InChI=1S/C12H13NO4/c14-12(11-7-3-1-4-8-11)9-5-2-6-10-17-13(15)16/h1-4,6-8H,5,9-10H2/b6-2+. The molecule has 0 amide bonds. The van der Waals surface area contributed by atoms with Crippen LogP contribution in [0.25, 0.3) is 0 Å². The molecule has 0 spiro atoms. The van der Waals surface area contributed by atoms with E-state index in [9.17, 15) is 14.9 Å². The average molecular weight is 235 g/mol. The minimum Gasteiger partial charge on any atom is -0.310 e. The van der Waals surface area contributed by atoms with E-state index in [4.69, 9.17) is 0 Å². The van der Waals surface area contributed by atoms with Crippen LogP contribution in [0.1, 0.15) is 23.2 Å². The Balaban J connectivity index is 2.23. The average Bonchev–Trinajstić information content (AvgIpc) is 2.34. The lowest BCUT2D eigenvalue weighted by Gasteiger charge is -1.97. The first-order valence-corrected chi connectivity index (χ1v) is 5.20. The number of Topliss-reactive ketones (excluding diaryl/α,β-unsaturated/α-hetero) is 1. The van der Waals surface area contributed by atoms with Gasteiger partial charge in [0.05, 0.1) is 0 Å². The molecular formula is C12H13NO4. The van der Waals surface area contributed by atoms with Gasteiger partial charge in [0.2, 0.25) is 0 Å². The van der Waals surface area contributed by atoms with E-state index in [-0.39, 0.29) is 12.4 Å². The van der Waals surface area contributed by atoms with Crippen LogP contribution in [-0.4, -0.2) is 17.5 Å². The SMILES string of the molecule is O=C(CC/C=C/CO[N+](=O)[O-])c1ccccc1. The van der Waals surface area contributed by atoms with Crippen molar-refractivity contribution < 1.29 is 14.7 Å². The number of ketones is 1. The maximum absolute atomic E-state index is 11.6. The highest BCUT2D eigenvalue weighted by atomic mass is 16.9. The summed E-state index contributed by atoms with van der Waals surface area (Å²) in [7, 11) is 0. The van der Waals surface area contributed by atoms with E-state index in [0.29, 0.717) is 18.4 Å². The third-order valence-corrected chi connectivity index (χ3v) is 2.08. The maximum atomic E-state index is 11.6. The Hall–Kier alpha value is -2.17. The number of rotatable bonds is 7. The smallest absolute Gasteiger partial charge is 0.294 e. The molecular weight excluding hydrogens is 222 g/mol. The third-order valence-electron chi connectivity index (χ3n) is 2.08. The summed E-state index contributed by atoms with van der Waals surface area (Å²) in [6.45, 7) is -0.0769. The molecule has 0 aromatic heterocycles. The molecule has 0 heterocycles. The summed E-state index contributed by atoms with van der Waals surface area (Å²) in [5.74, 6) is 0.0606. The molecule has 0 saturated heterocycles. The van der Waals surface area contributed by atoms with Crippen LogP contribution in [0, 0.1) is 10.1 Å². The van der Waals surface area contributed by atoms with E-state index >= 15 is 0 Å². The minimum atomic E-state index is -0.848. The van der Waals surface area contributed by atoms with Crippen molar-refractivity contribution in [2.75, 3.05) is 6.61 Å². The van der Waals surface area contributed by atoms with Crippen molar-refractivity contribution >= 4 is 5.78 Å². The number of hydrogen-bond donors (Lipinski definition) is 0. The second kappa shape index (κ2) is 7.16. The Morgan fingerprint density at radius 1 is 1.29 bits per heavy atom. The molecule has 5 heteroatoms. The Labute approximate surface area is 98.8 Å². The van der Waals surface area contributed by atoms with Gasteiger partial charge in [-0.25, -0.2) is 0 Å². The Kier molecular flexibility index (Phi) is 5.43. The minimum absolute atomic E-state index is 0.0606. The van der Waals surface area contributed by atoms with Gasteiger partial charge in [-0.15, -0.1) is 10.1 Å². The molecule has 1 aromatic carbocycles. The summed E-state index contributed by atoms with van der Waals surface area (Å²) >= 11 is 0. The topological polar surface area (TPSA) is 69.4 Å². The van der Waals surface area contributed by atoms with Gasteiger partial charge in [-0.05, 0) is 6.42 Å².